The normalized spacial score (nSPS) is 10.5. The summed E-state index contributed by atoms with van der Waals surface area (Å²) in [5, 5.41) is 0. The van der Waals surface area contributed by atoms with Crippen LogP contribution < -0.4 is 4.90 Å². The van der Waals surface area contributed by atoms with Gasteiger partial charge in [0, 0.05) is 17.9 Å². The van der Waals surface area contributed by atoms with E-state index in [1.54, 1.807) is 13.4 Å². The van der Waals surface area contributed by atoms with Crippen molar-refractivity contribution in [1.82, 2.24) is 0 Å². The van der Waals surface area contributed by atoms with E-state index in [4.69, 9.17) is 4.74 Å². The predicted molar refractivity (Wildman–Crippen MR) is 76.0 cm³/mol. The Kier molecular flexibility index (Phi) is 4.42. The van der Waals surface area contributed by atoms with Crippen LogP contribution in [0.3, 0.4) is 0 Å². The van der Waals surface area contributed by atoms with Gasteiger partial charge >= 0.3 is 0 Å². The lowest BCUT2D eigenvalue weighted by molar-refractivity contribution is 0.337. The molecule has 0 atom stereocenters. The van der Waals surface area contributed by atoms with Crippen LogP contribution in [0.4, 0.5) is 11.4 Å². The summed E-state index contributed by atoms with van der Waals surface area (Å²) < 4.78 is 4.96. The van der Waals surface area contributed by atoms with Gasteiger partial charge in [0.2, 0.25) is 0 Å². The predicted octanol–water partition coefficient (Wildman–Crippen LogP) is 3.98. The summed E-state index contributed by atoms with van der Waals surface area (Å²) in [5.74, 6) is 0. The van der Waals surface area contributed by atoms with Gasteiger partial charge in [0.25, 0.3) is 0 Å². The van der Waals surface area contributed by atoms with E-state index in [0.717, 1.165) is 6.54 Å². The van der Waals surface area contributed by atoms with Crippen molar-refractivity contribution < 1.29 is 4.74 Å². The fraction of sp³-hybridized carbons (Fsp3) is 0.125. The molecule has 0 aromatic heterocycles. The highest BCUT2D eigenvalue weighted by Crippen LogP contribution is 2.24. The molecule has 0 amide bonds. The number of hydrogen-bond acceptors (Lipinski definition) is 2. The minimum Gasteiger partial charge on any atom is -0.505 e. The fourth-order valence-electron chi connectivity index (χ4n) is 1.82. The largest absolute Gasteiger partial charge is 0.505 e. The molecule has 0 aliphatic carbocycles. The van der Waals surface area contributed by atoms with E-state index in [9.17, 15) is 0 Å². The standard InChI is InChI=1S/C16H17NO/c1-18-14-8-13-17(15-9-4-2-5-10-15)16-11-6-3-7-12-16/h2-12,14H,13H2,1H3. The highest BCUT2D eigenvalue weighted by molar-refractivity contribution is 5.63. The molecule has 0 aliphatic heterocycles. The van der Waals surface area contributed by atoms with E-state index in [0.29, 0.717) is 0 Å². The molecule has 0 heterocycles. The highest BCUT2D eigenvalue weighted by atomic mass is 16.5. The average molecular weight is 239 g/mol. The zero-order valence-electron chi connectivity index (χ0n) is 10.5. The molecule has 0 spiro atoms. The lowest BCUT2D eigenvalue weighted by Gasteiger charge is -2.23. The van der Waals surface area contributed by atoms with Crippen molar-refractivity contribution in [2.24, 2.45) is 0 Å². The van der Waals surface area contributed by atoms with Crippen LogP contribution in [-0.2, 0) is 4.74 Å². The molecule has 2 aromatic rings. The van der Waals surface area contributed by atoms with Gasteiger partial charge in [-0.05, 0) is 30.3 Å². The van der Waals surface area contributed by atoms with Crippen LogP contribution in [-0.4, -0.2) is 13.7 Å². The van der Waals surface area contributed by atoms with E-state index in [2.05, 4.69) is 29.2 Å². The molecular formula is C16H17NO. The quantitative estimate of drug-likeness (QED) is 0.732. The number of nitrogens with zero attached hydrogens (tertiary/aromatic N) is 1. The van der Waals surface area contributed by atoms with Gasteiger partial charge < -0.3 is 9.64 Å². The molecule has 0 unspecified atom stereocenters. The van der Waals surface area contributed by atoms with Gasteiger partial charge in [-0.3, -0.25) is 0 Å². The van der Waals surface area contributed by atoms with Crippen LogP contribution in [0.25, 0.3) is 0 Å². The average Bonchev–Trinajstić information content (AvgIpc) is 2.46. The Bertz CT molecular complexity index is 439. The highest BCUT2D eigenvalue weighted by Gasteiger charge is 2.06. The van der Waals surface area contributed by atoms with E-state index in [1.165, 1.54) is 11.4 Å². The minimum absolute atomic E-state index is 0.780. The van der Waals surface area contributed by atoms with Crippen molar-refractivity contribution in [3.05, 3.63) is 73.0 Å². The molecule has 0 saturated carbocycles. The Balaban J connectivity index is 2.26. The molecule has 0 radical (unpaired) electrons. The summed E-state index contributed by atoms with van der Waals surface area (Å²) in [5.41, 5.74) is 2.34. The number of methoxy groups -OCH3 is 1. The number of ether oxygens (including phenoxy) is 1. The van der Waals surface area contributed by atoms with Crippen molar-refractivity contribution in [3.63, 3.8) is 0 Å². The first-order chi connectivity index (χ1) is 8.92. The molecule has 2 rings (SSSR count). The molecular weight excluding hydrogens is 222 g/mol. The summed E-state index contributed by atoms with van der Waals surface area (Å²) in [4.78, 5) is 2.23. The Hall–Kier alpha value is -2.22. The zero-order chi connectivity index (χ0) is 12.6. The number of rotatable bonds is 5. The van der Waals surface area contributed by atoms with Crippen molar-refractivity contribution in [3.8, 4) is 0 Å². The van der Waals surface area contributed by atoms with E-state index >= 15 is 0 Å². The molecule has 2 nitrogen and oxygen atoms in total. The van der Waals surface area contributed by atoms with Gasteiger partial charge in [-0.2, -0.15) is 0 Å². The monoisotopic (exact) mass is 239 g/mol. The number of anilines is 2. The second-order valence-corrected chi connectivity index (χ2v) is 3.89. The maximum absolute atomic E-state index is 4.96. The molecule has 0 fully saturated rings. The van der Waals surface area contributed by atoms with Crippen LogP contribution in [0, 0.1) is 0 Å². The third-order valence-electron chi connectivity index (χ3n) is 2.66. The Labute approximate surface area is 108 Å². The molecule has 2 heteroatoms. The summed E-state index contributed by atoms with van der Waals surface area (Å²) in [6, 6.07) is 20.7. The van der Waals surface area contributed by atoms with Gasteiger partial charge in [-0.15, -0.1) is 0 Å². The number of benzene rings is 2. The van der Waals surface area contributed by atoms with Crippen LogP contribution in [0.5, 0.6) is 0 Å². The van der Waals surface area contributed by atoms with Crippen molar-refractivity contribution >= 4 is 11.4 Å². The Morgan fingerprint density at radius 1 is 0.889 bits per heavy atom. The van der Waals surface area contributed by atoms with E-state index < -0.39 is 0 Å². The summed E-state index contributed by atoms with van der Waals surface area (Å²) in [7, 11) is 1.66. The lowest BCUT2D eigenvalue weighted by atomic mass is 10.2. The van der Waals surface area contributed by atoms with Gasteiger partial charge in [0.15, 0.2) is 0 Å². The lowest BCUT2D eigenvalue weighted by Crippen LogP contribution is -2.16. The molecule has 18 heavy (non-hydrogen) atoms. The first kappa shape index (κ1) is 12.2. The first-order valence-electron chi connectivity index (χ1n) is 5.97. The van der Waals surface area contributed by atoms with Crippen LogP contribution in [0.1, 0.15) is 0 Å². The Morgan fingerprint density at radius 2 is 1.39 bits per heavy atom. The maximum Gasteiger partial charge on any atom is 0.0802 e. The second-order valence-electron chi connectivity index (χ2n) is 3.89. The van der Waals surface area contributed by atoms with Crippen molar-refractivity contribution in [2.45, 2.75) is 0 Å². The third kappa shape index (κ3) is 3.14. The van der Waals surface area contributed by atoms with Crippen molar-refractivity contribution in [1.29, 1.82) is 0 Å². The molecule has 2 aromatic carbocycles. The molecule has 92 valence electrons. The fourth-order valence-corrected chi connectivity index (χ4v) is 1.82. The zero-order valence-corrected chi connectivity index (χ0v) is 10.5. The van der Waals surface area contributed by atoms with Gasteiger partial charge in [0.05, 0.1) is 13.4 Å². The van der Waals surface area contributed by atoms with Gasteiger partial charge in [-0.1, -0.05) is 36.4 Å². The summed E-state index contributed by atoms with van der Waals surface area (Å²) in [6.45, 7) is 0.780. The van der Waals surface area contributed by atoms with Gasteiger partial charge in [0.1, 0.15) is 0 Å². The summed E-state index contributed by atoms with van der Waals surface area (Å²) >= 11 is 0. The molecule has 0 aliphatic rings. The maximum atomic E-state index is 4.96. The van der Waals surface area contributed by atoms with Crippen LogP contribution in [0.15, 0.2) is 73.0 Å². The van der Waals surface area contributed by atoms with Crippen molar-refractivity contribution in [2.75, 3.05) is 18.6 Å². The van der Waals surface area contributed by atoms with E-state index in [-0.39, 0.29) is 0 Å². The van der Waals surface area contributed by atoms with E-state index in [1.807, 2.05) is 42.5 Å². The van der Waals surface area contributed by atoms with Crippen LogP contribution >= 0.6 is 0 Å². The number of para-hydroxylation sites is 2. The summed E-state index contributed by atoms with van der Waals surface area (Å²) in [6.07, 6.45) is 3.71. The molecule has 0 N–H and O–H groups in total. The first-order valence-corrected chi connectivity index (χ1v) is 5.97. The third-order valence-corrected chi connectivity index (χ3v) is 2.66. The smallest absolute Gasteiger partial charge is 0.0802 e. The topological polar surface area (TPSA) is 12.5 Å². The van der Waals surface area contributed by atoms with Crippen LogP contribution in [0.2, 0.25) is 0 Å². The number of hydrogen-bond donors (Lipinski definition) is 0. The molecule has 0 bridgehead atoms. The second kappa shape index (κ2) is 6.50. The minimum atomic E-state index is 0.780. The van der Waals surface area contributed by atoms with Gasteiger partial charge in [-0.25, -0.2) is 0 Å². The Morgan fingerprint density at radius 3 is 1.83 bits per heavy atom. The SMILES string of the molecule is COC=CCN(c1ccccc1)c1ccccc1. The molecule has 0 saturated heterocycles.